The van der Waals surface area contributed by atoms with Gasteiger partial charge in [-0.15, -0.1) is 0 Å². The number of amides is 2. The zero-order chi connectivity index (χ0) is 19.4. The highest BCUT2D eigenvalue weighted by atomic mass is 32.1. The molecule has 0 aliphatic rings. The highest BCUT2D eigenvalue weighted by molar-refractivity contribution is 7.08. The molecule has 27 heavy (non-hydrogen) atoms. The van der Waals surface area contributed by atoms with Crippen molar-refractivity contribution in [1.82, 2.24) is 9.99 Å². The number of carbonyl (C=O) groups is 1. The fraction of sp³-hybridized carbons (Fsp3) is 0.158. The average Bonchev–Trinajstić information content (AvgIpc) is 3.20. The van der Waals surface area contributed by atoms with Gasteiger partial charge in [0.05, 0.1) is 11.4 Å². The van der Waals surface area contributed by atoms with Gasteiger partial charge in [0, 0.05) is 29.6 Å². The molecule has 7 nitrogen and oxygen atoms in total. The number of rotatable bonds is 5. The number of pyridine rings is 1. The molecule has 0 unspecified atom stereocenters. The summed E-state index contributed by atoms with van der Waals surface area (Å²) >= 11 is 1.62. The number of thiophene rings is 1. The molecular weight excluding hydrogens is 362 g/mol. The van der Waals surface area contributed by atoms with Gasteiger partial charge in [0.1, 0.15) is 6.61 Å². The summed E-state index contributed by atoms with van der Waals surface area (Å²) in [7, 11) is 1.44. The second kappa shape index (κ2) is 8.17. The van der Waals surface area contributed by atoms with Crippen LogP contribution in [0.5, 0.6) is 5.88 Å². The zero-order valence-electron chi connectivity index (χ0n) is 15.1. The quantitative estimate of drug-likeness (QED) is 0.400. The lowest BCUT2D eigenvalue weighted by atomic mass is 10.1. The number of urea groups is 1. The lowest BCUT2D eigenvalue weighted by Crippen LogP contribution is -2.49. The Balaban J connectivity index is 1.82. The molecule has 0 radical (unpaired) electrons. The van der Waals surface area contributed by atoms with E-state index >= 15 is 0 Å². The molecule has 4 N–H and O–H groups in total. The van der Waals surface area contributed by atoms with Gasteiger partial charge in [-0.1, -0.05) is 18.2 Å². The molecule has 0 bridgehead atoms. The van der Waals surface area contributed by atoms with E-state index in [1.54, 1.807) is 23.5 Å². The minimum absolute atomic E-state index is 0.220. The van der Waals surface area contributed by atoms with E-state index in [-0.39, 0.29) is 6.61 Å². The molecule has 0 saturated heterocycles. The van der Waals surface area contributed by atoms with Gasteiger partial charge in [0.15, 0.2) is 0 Å². The smallest absolute Gasteiger partial charge is 0.352 e. The van der Waals surface area contributed by atoms with Gasteiger partial charge in [-0.2, -0.15) is 11.3 Å². The summed E-state index contributed by atoms with van der Waals surface area (Å²) in [5.74, 6) is 12.0. The van der Waals surface area contributed by atoms with Gasteiger partial charge >= 0.3 is 6.03 Å². The first-order chi connectivity index (χ1) is 13.0. The minimum atomic E-state index is -0.528. The van der Waals surface area contributed by atoms with Crippen molar-refractivity contribution in [2.75, 3.05) is 12.1 Å². The molecule has 2 amide bonds. The summed E-state index contributed by atoms with van der Waals surface area (Å²) in [6.07, 6.45) is 0. The van der Waals surface area contributed by atoms with Gasteiger partial charge in [0.2, 0.25) is 5.88 Å². The maximum absolute atomic E-state index is 12.1. The van der Waals surface area contributed by atoms with Crippen molar-refractivity contribution < 1.29 is 9.53 Å². The number of carbonyl (C=O) groups excluding carboxylic acids is 1. The molecule has 1 aromatic carbocycles. The van der Waals surface area contributed by atoms with Crippen LogP contribution in [0, 0.1) is 6.92 Å². The topological polar surface area (TPSA) is 97.7 Å². The van der Waals surface area contributed by atoms with Crippen molar-refractivity contribution in [2.24, 2.45) is 11.7 Å². The normalized spacial score (nSPS) is 10.5. The van der Waals surface area contributed by atoms with Crippen molar-refractivity contribution in [3.8, 4) is 17.1 Å². The van der Waals surface area contributed by atoms with Crippen LogP contribution >= 0.6 is 11.3 Å². The van der Waals surface area contributed by atoms with E-state index < -0.39 is 6.03 Å². The number of nitrogens with zero attached hydrogens (tertiary/aromatic N) is 3. The van der Waals surface area contributed by atoms with E-state index in [0.717, 1.165) is 32.4 Å². The molecule has 0 aliphatic carbocycles. The van der Waals surface area contributed by atoms with E-state index in [9.17, 15) is 4.79 Å². The third kappa shape index (κ3) is 4.25. The van der Waals surface area contributed by atoms with Gasteiger partial charge in [0.25, 0.3) is 0 Å². The van der Waals surface area contributed by atoms with Crippen molar-refractivity contribution in [2.45, 2.75) is 13.5 Å². The molecule has 140 valence electrons. The number of hydrogen-bond donors (Lipinski definition) is 2. The Labute approximate surface area is 161 Å². The Morgan fingerprint density at radius 3 is 2.67 bits per heavy atom. The Morgan fingerprint density at radius 2 is 1.96 bits per heavy atom. The molecule has 3 rings (SSSR count). The summed E-state index contributed by atoms with van der Waals surface area (Å²) in [6, 6.07) is 12.6. The van der Waals surface area contributed by atoms with Crippen LogP contribution in [0.4, 0.5) is 10.5 Å². The van der Waals surface area contributed by atoms with Crippen molar-refractivity contribution in [1.29, 1.82) is 0 Å². The first-order valence-corrected chi connectivity index (χ1v) is 9.20. The second-order valence-corrected chi connectivity index (χ2v) is 6.78. The Kier molecular flexibility index (Phi) is 5.70. The highest BCUT2D eigenvalue weighted by Crippen LogP contribution is 2.26. The van der Waals surface area contributed by atoms with E-state index in [2.05, 4.69) is 4.98 Å². The Morgan fingerprint density at radius 1 is 1.19 bits per heavy atom. The fourth-order valence-electron chi connectivity index (χ4n) is 2.59. The van der Waals surface area contributed by atoms with E-state index in [1.165, 1.54) is 7.05 Å². The molecule has 0 saturated carbocycles. The van der Waals surface area contributed by atoms with Crippen LogP contribution in [0.1, 0.15) is 11.1 Å². The molecule has 3 aromatic rings. The summed E-state index contributed by atoms with van der Waals surface area (Å²) in [5.41, 5.74) is 4.17. The number of anilines is 1. The summed E-state index contributed by atoms with van der Waals surface area (Å²) in [6.45, 7) is 2.15. The Bertz CT molecular complexity index is 928. The minimum Gasteiger partial charge on any atom is -0.473 e. The van der Waals surface area contributed by atoms with Crippen LogP contribution in [0.2, 0.25) is 0 Å². The lowest BCUT2D eigenvalue weighted by Gasteiger charge is -2.24. The number of aromatic nitrogens is 1. The standard InChI is InChI=1S/C19H21N5O2S/c1-13-5-3-7-17(24(21)19(25)23(2)20)15(13)11-26-18-8-4-6-16(22-18)14-9-10-27-12-14/h3-10,12H,11,20-21H2,1-2H3. The molecule has 0 aliphatic heterocycles. The highest BCUT2D eigenvalue weighted by Gasteiger charge is 2.19. The third-order valence-corrected chi connectivity index (χ3v) is 4.74. The number of nitrogens with two attached hydrogens (primary N) is 2. The fourth-order valence-corrected chi connectivity index (χ4v) is 3.24. The molecule has 8 heteroatoms. The molecule has 0 atom stereocenters. The molecular formula is C19H21N5O2S. The summed E-state index contributed by atoms with van der Waals surface area (Å²) in [4.78, 5) is 16.6. The SMILES string of the molecule is Cc1cccc(N(N)C(=O)N(C)N)c1COc1cccc(-c2ccsc2)n1. The number of hydrogen-bond acceptors (Lipinski definition) is 6. The number of ether oxygens (including phenoxy) is 1. The maximum atomic E-state index is 12.1. The first-order valence-electron chi connectivity index (χ1n) is 8.25. The van der Waals surface area contributed by atoms with Gasteiger partial charge in [-0.3, -0.25) is 5.01 Å². The monoisotopic (exact) mass is 383 g/mol. The van der Waals surface area contributed by atoms with Gasteiger partial charge in [-0.05, 0) is 36.1 Å². The first kappa shape index (κ1) is 18.8. The zero-order valence-corrected chi connectivity index (χ0v) is 15.9. The van der Waals surface area contributed by atoms with Crippen LogP contribution < -0.4 is 21.4 Å². The lowest BCUT2D eigenvalue weighted by molar-refractivity contribution is 0.216. The second-order valence-electron chi connectivity index (χ2n) is 6.00. The molecule has 2 aromatic heterocycles. The van der Waals surface area contributed by atoms with Gasteiger partial charge in [-0.25, -0.2) is 26.5 Å². The predicted molar refractivity (Wildman–Crippen MR) is 107 cm³/mol. The number of aryl methyl sites for hydroxylation is 1. The molecule has 0 spiro atoms. The van der Waals surface area contributed by atoms with E-state index in [1.807, 2.05) is 48.0 Å². The van der Waals surface area contributed by atoms with Crippen molar-refractivity contribution in [3.05, 3.63) is 64.4 Å². The van der Waals surface area contributed by atoms with Crippen LogP contribution in [0.15, 0.2) is 53.2 Å². The molecule has 0 fully saturated rings. The van der Waals surface area contributed by atoms with Crippen molar-refractivity contribution >= 4 is 23.1 Å². The van der Waals surface area contributed by atoms with E-state index in [0.29, 0.717) is 11.6 Å². The molecule has 2 heterocycles. The Hall–Kier alpha value is -2.94. The largest absolute Gasteiger partial charge is 0.473 e. The summed E-state index contributed by atoms with van der Waals surface area (Å²) < 4.78 is 5.90. The van der Waals surface area contributed by atoms with Crippen molar-refractivity contribution in [3.63, 3.8) is 0 Å². The summed E-state index contributed by atoms with van der Waals surface area (Å²) in [5, 5.41) is 5.98. The maximum Gasteiger partial charge on any atom is 0.352 e. The van der Waals surface area contributed by atoms with Crippen LogP contribution in [0.25, 0.3) is 11.3 Å². The number of hydrazine groups is 2. The average molecular weight is 383 g/mol. The van der Waals surface area contributed by atoms with E-state index in [4.69, 9.17) is 16.4 Å². The number of benzene rings is 1. The predicted octanol–water partition coefficient (Wildman–Crippen LogP) is 3.30. The van der Waals surface area contributed by atoms with Crippen LogP contribution in [-0.4, -0.2) is 23.1 Å². The van der Waals surface area contributed by atoms with Crippen LogP contribution in [-0.2, 0) is 6.61 Å². The van der Waals surface area contributed by atoms with Gasteiger partial charge < -0.3 is 4.74 Å². The third-order valence-electron chi connectivity index (χ3n) is 4.06. The van der Waals surface area contributed by atoms with Crippen LogP contribution in [0.3, 0.4) is 0 Å².